The molecule has 0 radical (unpaired) electrons. The number of hydrogen-bond acceptors (Lipinski definition) is 5. The molecular formula is C23H25N3O5S. The van der Waals surface area contributed by atoms with E-state index in [0.29, 0.717) is 6.42 Å². The molecular weight excluding hydrogens is 430 g/mol. The fourth-order valence-corrected chi connectivity index (χ4v) is 6.01. The van der Waals surface area contributed by atoms with E-state index in [1.54, 1.807) is 0 Å². The van der Waals surface area contributed by atoms with E-state index in [1.165, 1.54) is 0 Å². The molecule has 8 nitrogen and oxygen atoms in total. The molecule has 0 saturated carbocycles. The number of nitrogens with one attached hydrogen (secondary N) is 2. The molecule has 2 heterocycles. The quantitative estimate of drug-likeness (QED) is 0.607. The zero-order valence-electron chi connectivity index (χ0n) is 17.5. The minimum absolute atomic E-state index is 0.0261. The number of benzene rings is 2. The SMILES string of the molecule is O=C(CN1C(=O)NC(Cc2ccccc2)(Cc2ccccc2)C1=O)N[C@H]1CCS(=O)(=O)C1. The summed E-state index contributed by atoms with van der Waals surface area (Å²) in [6.45, 7) is -0.452. The number of carbonyl (C=O) groups is 3. The lowest BCUT2D eigenvalue weighted by molar-refractivity contribution is -0.135. The van der Waals surface area contributed by atoms with Crippen LogP contribution in [0.1, 0.15) is 17.5 Å². The Morgan fingerprint density at radius 2 is 1.56 bits per heavy atom. The van der Waals surface area contributed by atoms with E-state index in [1.807, 2.05) is 60.7 Å². The van der Waals surface area contributed by atoms with E-state index in [-0.39, 0.29) is 24.3 Å². The number of imide groups is 1. The van der Waals surface area contributed by atoms with Gasteiger partial charge in [-0.2, -0.15) is 0 Å². The zero-order valence-corrected chi connectivity index (χ0v) is 18.3. The molecule has 0 aromatic heterocycles. The molecule has 0 aliphatic carbocycles. The van der Waals surface area contributed by atoms with E-state index in [2.05, 4.69) is 10.6 Å². The summed E-state index contributed by atoms with van der Waals surface area (Å²) in [5, 5.41) is 5.48. The highest BCUT2D eigenvalue weighted by Crippen LogP contribution is 2.27. The summed E-state index contributed by atoms with van der Waals surface area (Å²) in [5.74, 6) is -1.11. The summed E-state index contributed by atoms with van der Waals surface area (Å²) in [4.78, 5) is 39.7. The summed E-state index contributed by atoms with van der Waals surface area (Å²) in [5.41, 5.74) is 0.565. The number of amides is 4. The molecule has 2 saturated heterocycles. The number of nitrogens with zero attached hydrogens (tertiary/aromatic N) is 1. The van der Waals surface area contributed by atoms with Crippen molar-refractivity contribution in [3.63, 3.8) is 0 Å². The summed E-state index contributed by atoms with van der Waals surface area (Å²) in [6.07, 6.45) is 0.902. The Morgan fingerprint density at radius 1 is 1.00 bits per heavy atom. The van der Waals surface area contributed by atoms with Gasteiger partial charge < -0.3 is 10.6 Å². The van der Waals surface area contributed by atoms with E-state index in [9.17, 15) is 22.8 Å². The Bertz CT molecular complexity index is 1080. The van der Waals surface area contributed by atoms with Gasteiger partial charge in [-0.15, -0.1) is 0 Å². The average molecular weight is 456 g/mol. The molecule has 4 amide bonds. The largest absolute Gasteiger partial charge is 0.351 e. The Kier molecular flexibility index (Phi) is 6.01. The van der Waals surface area contributed by atoms with Crippen LogP contribution in [0, 0.1) is 0 Å². The van der Waals surface area contributed by atoms with Gasteiger partial charge in [0.1, 0.15) is 12.1 Å². The van der Waals surface area contributed by atoms with Gasteiger partial charge in [0.25, 0.3) is 5.91 Å². The molecule has 9 heteroatoms. The lowest BCUT2D eigenvalue weighted by Gasteiger charge is -2.27. The topological polar surface area (TPSA) is 113 Å². The van der Waals surface area contributed by atoms with Gasteiger partial charge in [0, 0.05) is 18.9 Å². The predicted molar refractivity (Wildman–Crippen MR) is 118 cm³/mol. The van der Waals surface area contributed by atoms with Crippen molar-refractivity contribution in [2.75, 3.05) is 18.1 Å². The van der Waals surface area contributed by atoms with Crippen molar-refractivity contribution in [3.05, 3.63) is 71.8 Å². The maximum Gasteiger partial charge on any atom is 0.325 e. The van der Waals surface area contributed by atoms with Gasteiger partial charge in [0.05, 0.1) is 11.5 Å². The van der Waals surface area contributed by atoms with Crippen molar-refractivity contribution < 1.29 is 22.8 Å². The molecule has 2 N–H and O–H groups in total. The Balaban J connectivity index is 1.53. The van der Waals surface area contributed by atoms with Crippen molar-refractivity contribution in [3.8, 4) is 0 Å². The van der Waals surface area contributed by atoms with Crippen LogP contribution in [-0.4, -0.2) is 60.8 Å². The Hall–Kier alpha value is -3.20. The maximum absolute atomic E-state index is 13.5. The van der Waals surface area contributed by atoms with Gasteiger partial charge >= 0.3 is 6.03 Å². The summed E-state index contributed by atoms with van der Waals surface area (Å²) in [7, 11) is -3.15. The number of sulfone groups is 1. The van der Waals surface area contributed by atoms with Crippen LogP contribution in [0.3, 0.4) is 0 Å². The summed E-state index contributed by atoms with van der Waals surface area (Å²) >= 11 is 0. The molecule has 1 atom stereocenters. The van der Waals surface area contributed by atoms with Crippen LogP contribution in [0.25, 0.3) is 0 Å². The van der Waals surface area contributed by atoms with Crippen LogP contribution in [0.15, 0.2) is 60.7 Å². The summed E-state index contributed by atoms with van der Waals surface area (Å²) in [6, 6.07) is 17.7. The second kappa shape index (κ2) is 8.74. The maximum atomic E-state index is 13.5. The van der Waals surface area contributed by atoms with Crippen LogP contribution < -0.4 is 10.6 Å². The van der Waals surface area contributed by atoms with Gasteiger partial charge in [-0.1, -0.05) is 60.7 Å². The van der Waals surface area contributed by atoms with Crippen molar-refractivity contribution in [1.29, 1.82) is 0 Å². The highest BCUT2D eigenvalue weighted by molar-refractivity contribution is 7.91. The molecule has 2 fully saturated rings. The fourth-order valence-electron chi connectivity index (χ4n) is 4.34. The molecule has 0 spiro atoms. The molecule has 2 aliphatic rings. The molecule has 168 valence electrons. The lowest BCUT2D eigenvalue weighted by atomic mass is 9.84. The Morgan fingerprint density at radius 3 is 2.06 bits per heavy atom. The van der Waals surface area contributed by atoms with E-state index in [4.69, 9.17) is 0 Å². The van der Waals surface area contributed by atoms with E-state index in [0.717, 1.165) is 16.0 Å². The smallest absolute Gasteiger partial charge is 0.325 e. The molecule has 2 aromatic carbocycles. The molecule has 0 bridgehead atoms. The zero-order chi connectivity index (χ0) is 22.8. The second-order valence-corrected chi connectivity index (χ2v) is 10.6. The highest BCUT2D eigenvalue weighted by Gasteiger charge is 2.51. The van der Waals surface area contributed by atoms with E-state index >= 15 is 0 Å². The fraction of sp³-hybridized carbons (Fsp3) is 0.348. The van der Waals surface area contributed by atoms with Gasteiger partial charge in [0.2, 0.25) is 5.91 Å². The van der Waals surface area contributed by atoms with Crippen molar-refractivity contribution >= 4 is 27.7 Å². The van der Waals surface area contributed by atoms with Crippen molar-refractivity contribution in [2.24, 2.45) is 0 Å². The number of rotatable bonds is 7. The second-order valence-electron chi connectivity index (χ2n) is 8.40. The molecule has 0 unspecified atom stereocenters. The van der Waals surface area contributed by atoms with Crippen LogP contribution in [-0.2, 0) is 32.3 Å². The van der Waals surface area contributed by atoms with Gasteiger partial charge in [-0.25, -0.2) is 13.2 Å². The predicted octanol–water partition coefficient (Wildman–Crippen LogP) is 1.07. The number of carbonyl (C=O) groups excluding carboxylic acids is 3. The van der Waals surface area contributed by atoms with Gasteiger partial charge in [-0.05, 0) is 17.5 Å². The third-order valence-electron chi connectivity index (χ3n) is 5.84. The standard InChI is InChI=1S/C23H25N3O5S/c27-20(24-19-11-12-32(30,31)16-19)15-26-21(28)23(25-22(26)29,13-17-7-3-1-4-8-17)14-18-9-5-2-6-10-18/h1-10,19H,11-16H2,(H,24,27)(H,25,29)/t19-/m0/s1. The molecule has 4 rings (SSSR count). The molecule has 32 heavy (non-hydrogen) atoms. The first-order valence-electron chi connectivity index (χ1n) is 10.5. The molecule has 2 aromatic rings. The van der Waals surface area contributed by atoms with Crippen LogP contribution in [0.5, 0.6) is 0 Å². The lowest BCUT2D eigenvalue weighted by Crippen LogP contribution is -2.51. The van der Waals surface area contributed by atoms with Crippen molar-refractivity contribution in [2.45, 2.75) is 30.8 Å². The van der Waals surface area contributed by atoms with E-state index < -0.39 is 45.8 Å². The minimum Gasteiger partial charge on any atom is -0.351 e. The van der Waals surface area contributed by atoms with Crippen LogP contribution in [0.2, 0.25) is 0 Å². The average Bonchev–Trinajstić information content (AvgIpc) is 3.20. The number of urea groups is 1. The minimum atomic E-state index is -3.15. The van der Waals surface area contributed by atoms with Crippen LogP contribution >= 0.6 is 0 Å². The molecule has 2 aliphatic heterocycles. The number of hydrogen-bond donors (Lipinski definition) is 2. The van der Waals surface area contributed by atoms with Gasteiger partial charge in [-0.3, -0.25) is 14.5 Å². The normalized spacial score (nSPS) is 21.4. The van der Waals surface area contributed by atoms with Crippen LogP contribution in [0.4, 0.5) is 4.79 Å². The third-order valence-corrected chi connectivity index (χ3v) is 7.61. The highest BCUT2D eigenvalue weighted by atomic mass is 32.2. The third kappa shape index (κ3) is 4.83. The van der Waals surface area contributed by atoms with Gasteiger partial charge in [0.15, 0.2) is 9.84 Å². The first-order chi connectivity index (χ1) is 15.3. The monoisotopic (exact) mass is 455 g/mol. The Labute approximate surface area is 186 Å². The first kappa shape index (κ1) is 22.0. The summed E-state index contributed by atoms with van der Waals surface area (Å²) < 4.78 is 23.2. The first-order valence-corrected chi connectivity index (χ1v) is 12.3. The van der Waals surface area contributed by atoms with Crippen molar-refractivity contribution in [1.82, 2.24) is 15.5 Å².